The number of nitrogens with zero attached hydrogens (tertiary/aromatic N) is 2. The Morgan fingerprint density at radius 3 is 0.684 bits per heavy atom. The standard InChI is InChI=1S/C74H126N2/c1-9-71(10-2)63-31-23-20-28-55(63)58-39-34-50(44-66(58)71)75(49-26-18-17-19-27-49)51-35-42-61-62-43-38-54(48-70(62)74(15-7,16-8)69(61)45-51)76(52-36-40-59-56-29-21-24-32-64(56)72(11-3,12-4)67(59)46-52)53-37-41-60-57-30-22-25-33-65(57)73(13-5,14-6)68(60)47-53/h49-70H,9-48H2,1-8H3. The molecule has 13 fully saturated rings. The number of hydrogen-bond acceptors (Lipinski definition) is 2. The van der Waals surface area contributed by atoms with Crippen LogP contribution in [0.2, 0.25) is 0 Å². The molecule has 76 heavy (non-hydrogen) atoms. The van der Waals surface area contributed by atoms with Crippen molar-refractivity contribution in [2.75, 3.05) is 0 Å². The minimum atomic E-state index is 0.561. The van der Waals surface area contributed by atoms with Crippen molar-refractivity contribution in [2.45, 2.75) is 348 Å². The number of rotatable bonds is 14. The highest BCUT2D eigenvalue weighted by Gasteiger charge is 2.66. The van der Waals surface area contributed by atoms with Crippen molar-refractivity contribution in [3.05, 3.63) is 0 Å². The molecule has 0 aromatic carbocycles. The zero-order chi connectivity index (χ0) is 52.1. The predicted octanol–water partition coefficient (Wildman–Crippen LogP) is 20.5. The molecule has 13 aliphatic carbocycles. The zero-order valence-corrected chi connectivity index (χ0v) is 51.9. The molecule has 0 aliphatic heterocycles. The molecule has 0 spiro atoms. The third-order valence-corrected chi connectivity index (χ3v) is 32.3. The van der Waals surface area contributed by atoms with Gasteiger partial charge < -0.3 is 0 Å². The number of hydrogen-bond donors (Lipinski definition) is 0. The zero-order valence-electron chi connectivity index (χ0n) is 51.9. The molecule has 0 radical (unpaired) electrons. The van der Waals surface area contributed by atoms with Gasteiger partial charge in [-0.05, 0) is 315 Å². The van der Waals surface area contributed by atoms with Gasteiger partial charge in [0.05, 0.1) is 0 Å². The predicted molar refractivity (Wildman–Crippen MR) is 322 cm³/mol. The lowest BCUT2D eigenvalue weighted by Crippen LogP contribution is -2.57. The van der Waals surface area contributed by atoms with E-state index in [2.05, 4.69) is 65.2 Å². The minimum absolute atomic E-state index is 0.561. The highest BCUT2D eigenvalue weighted by molar-refractivity contribution is 5.16. The summed E-state index contributed by atoms with van der Waals surface area (Å²) >= 11 is 0. The molecule has 0 amide bonds. The van der Waals surface area contributed by atoms with E-state index in [0.717, 1.165) is 131 Å². The van der Waals surface area contributed by atoms with Gasteiger partial charge in [-0.3, -0.25) is 9.80 Å². The summed E-state index contributed by atoms with van der Waals surface area (Å²) in [6.07, 6.45) is 61.6. The van der Waals surface area contributed by atoms with E-state index in [0.29, 0.717) is 21.7 Å². The van der Waals surface area contributed by atoms with E-state index in [1.165, 1.54) is 122 Å². The van der Waals surface area contributed by atoms with Crippen molar-refractivity contribution in [1.82, 2.24) is 9.80 Å². The molecule has 13 saturated carbocycles. The Kier molecular flexibility index (Phi) is 16.1. The second-order valence-electron chi connectivity index (χ2n) is 32.3. The van der Waals surface area contributed by atoms with Crippen molar-refractivity contribution < 1.29 is 0 Å². The van der Waals surface area contributed by atoms with Gasteiger partial charge in [0.1, 0.15) is 0 Å². The van der Waals surface area contributed by atoms with E-state index in [9.17, 15) is 0 Å². The Balaban J connectivity index is 0.804. The first-order valence-electron chi connectivity index (χ1n) is 36.8. The normalized spacial score (nSPS) is 48.0. The highest BCUT2D eigenvalue weighted by atomic mass is 15.2. The van der Waals surface area contributed by atoms with Crippen molar-refractivity contribution in [2.24, 2.45) is 116 Å². The molecule has 0 saturated heterocycles. The molecule has 21 atom stereocenters. The summed E-state index contributed by atoms with van der Waals surface area (Å²) in [5, 5.41) is 0. The van der Waals surface area contributed by atoms with Crippen LogP contribution in [0.4, 0.5) is 0 Å². The molecule has 21 unspecified atom stereocenters. The van der Waals surface area contributed by atoms with E-state index in [-0.39, 0.29) is 0 Å². The third kappa shape index (κ3) is 8.28. The van der Waals surface area contributed by atoms with Gasteiger partial charge in [0.15, 0.2) is 0 Å². The molecule has 13 aliphatic rings. The molecule has 0 N–H and O–H groups in total. The molecular weight excluding hydrogens is 917 g/mol. The molecule has 0 bridgehead atoms. The summed E-state index contributed by atoms with van der Waals surface area (Å²) in [6.45, 7) is 21.5. The van der Waals surface area contributed by atoms with Crippen LogP contribution >= 0.6 is 0 Å². The van der Waals surface area contributed by atoms with Gasteiger partial charge in [0, 0.05) is 36.3 Å². The highest BCUT2D eigenvalue weighted by Crippen LogP contribution is 2.72. The molecule has 432 valence electrons. The average Bonchev–Trinajstić information content (AvgIpc) is 4.33. The van der Waals surface area contributed by atoms with Gasteiger partial charge >= 0.3 is 0 Å². The molecular formula is C74H126N2. The van der Waals surface area contributed by atoms with Crippen LogP contribution < -0.4 is 0 Å². The quantitative estimate of drug-likeness (QED) is 0.171. The van der Waals surface area contributed by atoms with Crippen molar-refractivity contribution in [1.29, 1.82) is 0 Å². The molecule has 2 heteroatoms. The van der Waals surface area contributed by atoms with Crippen LogP contribution in [0.3, 0.4) is 0 Å². The monoisotopic (exact) mass is 1040 g/mol. The van der Waals surface area contributed by atoms with Gasteiger partial charge in [-0.15, -0.1) is 0 Å². The van der Waals surface area contributed by atoms with E-state index in [4.69, 9.17) is 0 Å². The first-order chi connectivity index (χ1) is 37.2. The van der Waals surface area contributed by atoms with Crippen molar-refractivity contribution >= 4 is 0 Å². The Morgan fingerprint density at radius 2 is 0.421 bits per heavy atom. The lowest BCUT2D eigenvalue weighted by atomic mass is 9.60. The first kappa shape index (κ1) is 55.1. The average molecular weight is 1040 g/mol. The summed E-state index contributed by atoms with van der Waals surface area (Å²) in [6, 6.07) is 5.18. The van der Waals surface area contributed by atoms with Gasteiger partial charge in [-0.2, -0.15) is 0 Å². The summed E-state index contributed by atoms with van der Waals surface area (Å²) in [5.41, 5.74) is 2.46. The Bertz CT molecular complexity index is 1850. The van der Waals surface area contributed by atoms with E-state index in [1.807, 2.05) is 0 Å². The van der Waals surface area contributed by atoms with Crippen molar-refractivity contribution in [3.8, 4) is 0 Å². The fraction of sp³-hybridized carbons (Fsp3) is 1.00. The van der Waals surface area contributed by atoms with Gasteiger partial charge in [-0.25, -0.2) is 0 Å². The fourth-order valence-electron chi connectivity index (χ4n) is 29.7. The second-order valence-corrected chi connectivity index (χ2v) is 32.3. The van der Waals surface area contributed by atoms with Crippen LogP contribution in [-0.2, 0) is 0 Å². The van der Waals surface area contributed by atoms with Gasteiger partial charge in [-0.1, -0.05) is 113 Å². The lowest BCUT2D eigenvalue weighted by molar-refractivity contribution is -0.0604. The third-order valence-electron chi connectivity index (χ3n) is 32.3. The maximum absolute atomic E-state index is 3.60. The summed E-state index contributed by atoms with van der Waals surface area (Å²) in [5.74, 6) is 16.5. The maximum Gasteiger partial charge on any atom is 0.0104 e. The topological polar surface area (TPSA) is 6.48 Å². The van der Waals surface area contributed by atoms with Crippen LogP contribution in [0.1, 0.15) is 312 Å². The Labute approximate surface area is 472 Å². The molecule has 2 nitrogen and oxygen atoms in total. The van der Waals surface area contributed by atoms with Crippen LogP contribution in [0, 0.1) is 116 Å². The summed E-state index contributed by atoms with van der Waals surface area (Å²) in [4.78, 5) is 7.09. The Morgan fingerprint density at radius 1 is 0.211 bits per heavy atom. The minimum Gasteiger partial charge on any atom is -0.294 e. The van der Waals surface area contributed by atoms with Gasteiger partial charge in [0.2, 0.25) is 0 Å². The van der Waals surface area contributed by atoms with Crippen LogP contribution in [-0.4, -0.2) is 46.1 Å². The fourth-order valence-corrected chi connectivity index (χ4v) is 29.7. The first-order valence-corrected chi connectivity index (χ1v) is 36.8. The molecule has 0 heterocycles. The summed E-state index contributed by atoms with van der Waals surface area (Å²) in [7, 11) is 0. The maximum atomic E-state index is 3.60. The van der Waals surface area contributed by atoms with Crippen LogP contribution in [0.25, 0.3) is 0 Å². The molecule has 13 rings (SSSR count). The van der Waals surface area contributed by atoms with E-state index < -0.39 is 0 Å². The molecule has 0 aromatic heterocycles. The Hall–Kier alpha value is -0.0800. The van der Waals surface area contributed by atoms with E-state index in [1.54, 1.807) is 135 Å². The van der Waals surface area contributed by atoms with Gasteiger partial charge in [0.25, 0.3) is 0 Å². The smallest absolute Gasteiger partial charge is 0.0104 e. The van der Waals surface area contributed by atoms with Crippen LogP contribution in [0.15, 0.2) is 0 Å². The second kappa shape index (κ2) is 22.2. The SMILES string of the molecule is CCC1(CC)C2CCCCC2C2CCC(N(C3CCCCC3)C3CCC4C5CCC(N(C6CCC7C8CCCCC8C(CC)(CC)C7C6)C6CCC7C8CCCCC8C(CC)(CC)C7C6)CC5C(CC)(CC)C4C3)CC21. The largest absolute Gasteiger partial charge is 0.294 e. The lowest BCUT2D eigenvalue weighted by Gasteiger charge is -2.55. The van der Waals surface area contributed by atoms with Crippen molar-refractivity contribution in [3.63, 3.8) is 0 Å². The number of fused-ring (bicyclic) bond motifs is 12. The van der Waals surface area contributed by atoms with Crippen LogP contribution in [0.5, 0.6) is 0 Å². The summed E-state index contributed by atoms with van der Waals surface area (Å²) < 4.78 is 0. The molecule has 0 aromatic rings. The van der Waals surface area contributed by atoms with E-state index >= 15 is 0 Å².